The first-order valence-electron chi connectivity index (χ1n) is 25.4. The highest BCUT2D eigenvalue weighted by molar-refractivity contribution is 5.86. The molecule has 4 aromatic carbocycles. The molecule has 2 spiro atoms. The maximum atomic E-state index is 14.1. The van der Waals surface area contributed by atoms with Crippen molar-refractivity contribution in [3.05, 3.63) is 155 Å². The fourth-order valence-corrected chi connectivity index (χ4v) is 12.3. The van der Waals surface area contributed by atoms with Crippen molar-refractivity contribution in [1.82, 2.24) is 28.9 Å². The van der Waals surface area contributed by atoms with E-state index in [4.69, 9.17) is 9.47 Å². The average Bonchev–Trinajstić information content (AvgIpc) is 4.22. The van der Waals surface area contributed by atoms with Gasteiger partial charge in [-0.1, -0.05) is 63.1 Å². The normalized spacial score (nSPS) is 22.9. The summed E-state index contributed by atoms with van der Waals surface area (Å²) in [5.41, 5.74) is 7.30. The molecular weight excluding hydrogens is 883 g/mol. The van der Waals surface area contributed by atoms with Gasteiger partial charge in [-0.25, -0.2) is 18.7 Å². The maximum Gasteiger partial charge on any atom is 0.229 e. The lowest BCUT2D eigenvalue weighted by Gasteiger charge is -2.45. The summed E-state index contributed by atoms with van der Waals surface area (Å²) in [6.45, 7) is 13.5. The highest BCUT2D eigenvalue weighted by Crippen LogP contribution is 2.57. The van der Waals surface area contributed by atoms with Crippen molar-refractivity contribution in [3.63, 3.8) is 0 Å². The van der Waals surface area contributed by atoms with Gasteiger partial charge >= 0.3 is 0 Å². The lowest BCUT2D eigenvalue weighted by Crippen LogP contribution is -2.50. The van der Waals surface area contributed by atoms with Crippen molar-refractivity contribution in [2.24, 2.45) is 10.8 Å². The molecule has 0 radical (unpaired) electrons. The third-order valence-corrected chi connectivity index (χ3v) is 15.8. The van der Waals surface area contributed by atoms with Crippen molar-refractivity contribution >= 4 is 11.8 Å². The van der Waals surface area contributed by atoms with Crippen LogP contribution in [0.1, 0.15) is 149 Å². The Kier molecular flexibility index (Phi) is 15.3. The molecule has 10 nitrogen and oxygen atoms in total. The second-order valence-electron chi connectivity index (χ2n) is 19.6. The van der Waals surface area contributed by atoms with Gasteiger partial charge in [-0.15, -0.1) is 0 Å². The Bertz CT molecular complexity index is 2570. The van der Waals surface area contributed by atoms with E-state index in [-0.39, 0.29) is 58.2 Å². The van der Waals surface area contributed by atoms with Crippen molar-refractivity contribution in [2.45, 2.75) is 130 Å². The fourth-order valence-electron chi connectivity index (χ4n) is 12.3. The Labute approximate surface area is 413 Å². The smallest absolute Gasteiger partial charge is 0.229 e. The first-order valence-corrected chi connectivity index (χ1v) is 25.4. The van der Waals surface area contributed by atoms with E-state index < -0.39 is 0 Å². The molecular formula is C58H70F2N6O4. The minimum atomic E-state index is -0.384. The van der Waals surface area contributed by atoms with E-state index in [0.717, 1.165) is 123 Å². The molecule has 12 heteroatoms. The molecule has 6 unspecified atom stereocenters. The van der Waals surface area contributed by atoms with Crippen LogP contribution in [-0.2, 0) is 9.59 Å². The van der Waals surface area contributed by atoms with Crippen molar-refractivity contribution in [1.29, 1.82) is 0 Å². The van der Waals surface area contributed by atoms with E-state index in [0.29, 0.717) is 0 Å². The molecule has 370 valence electrons. The van der Waals surface area contributed by atoms with Gasteiger partial charge in [0.25, 0.3) is 0 Å². The number of rotatable bonds is 10. The van der Waals surface area contributed by atoms with E-state index in [2.05, 4.69) is 60.2 Å². The number of likely N-dealkylation sites (tertiary alicyclic amines) is 2. The quantitative estimate of drug-likeness (QED) is 0.136. The Balaban J connectivity index is 0.000000182. The number of methoxy groups -OCH3 is 2. The van der Waals surface area contributed by atoms with Crippen LogP contribution in [0, 0.1) is 36.3 Å². The van der Waals surface area contributed by atoms with E-state index in [9.17, 15) is 18.4 Å². The number of hydrogen-bond acceptors (Lipinski definition) is 6. The molecule has 4 aliphatic rings. The molecule has 2 aromatic heterocycles. The van der Waals surface area contributed by atoms with Crippen LogP contribution in [0.4, 0.5) is 8.78 Å². The van der Waals surface area contributed by atoms with Gasteiger partial charge in [-0.05, 0) is 162 Å². The molecule has 2 amide bonds. The zero-order valence-electron chi connectivity index (χ0n) is 42.3. The van der Waals surface area contributed by atoms with Crippen LogP contribution in [0.3, 0.4) is 0 Å². The summed E-state index contributed by atoms with van der Waals surface area (Å²) in [5.74, 6) is 1.88. The van der Waals surface area contributed by atoms with Crippen molar-refractivity contribution in [3.8, 4) is 22.9 Å². The molecule has 4 fully saturated rings. The van der Waals surface area contributed by atoms with Gasteiger partial charge in [0.1, 0.15) is 23.1 Å². The SMILES string of the molecule is CC.COc1cc(C2CCCC23CCCN(C(C)c2ccc(F)cc2)C3=O)ccc1-n1cnc(C)c1.COc1cc(C2CCCC23CCCN(C(C)c2ccc(F)cc2)C3=O)ccc1-n1cnc(C)c1. The molecule has 6 aromatic rings. The Morgan fingerprint density at radius 2 is 0.943 bits per heavy atom. The number of imidazole rings is 2. The Morgan fingerprint density at radius 3 is 1.29 bits per heavy atom. The van der Waals surface area contributed by atoms with Crippen molar-refractivity contribution in [2.75, 3.05) is 27.3 Å². The van der Waals surface area contributed by atoms with Gasteiger partial charge in [-0.2, -0.15) is 0 Å². The standard InChI is InChI=1S/2C28H32FN3O2.C2H6/c2*1-19-17-31(18-30-19)25-12-9-22(16-26(25)34-3)24-6-4-13-28(24)14-5-15-32(27(28)33)20(2)21-7-10-23(29)11-8-21;1-2/h2*7-12,16-18,20,24H,4-6,13-15H2,1-3H3;1-2H3. The van der Waals surface area contributed by atoms with E-state index in [1.165, 1.54) is 35.4 Å². The summed E-state index contributed by atoms with van der Waals surface area (Å²) in [6.07, 6.45) is 17.2. The molecule has 4 heterocycles. The fraction of sp³-hybridized carbons (Fsp3) is 0.448. The molecule has 2 saturated heterocycles. The lowest BCUT2D eigenvalue weighted by atomic mass is 9.68. The molecule has 70 heavy (non-hydrogen) atoms. The molecule has 10 rings (SSSR count). The number of carbonyl (C=O) groups excluding carboxylic acids is 2. The summed E-state index contributed by atoms with van der Waals surface area (Å²) in [7, 11) is 3.38. The maximum absolute atomic E-state index is 14.1. The number of benzene rings is 4. The number of nitrogens with zero attached hydrogens (tertiary/aromatic N) is 6. The van der Waals surface area contributed by atoms with Crippen LogP contribution in [-0.4, -0.2) is 68.0 Å². The summed E-state index contributed by atoms with van der Waals surface area (Å²) in [6, 6.07) is 25.6. The van der Waals surface area contributed by atoms with Crippen LogP contribution < -0.4 is 9.47 Å². The number of aromatic nitrogens is 4. The van der Waals surface area contributed by atoms with Gasteiger partial charge in [0.2, 0.25) is 11.8 Å². The number of piperidine rings is 2. The summed E-state index contributed by atoms with van der Waals surface area (Å²) < 4.78 is 42.4. The number of ether oxygens (including phenoxy) is 2. The largest absolute Gasteiger partial charge is 0.495 e. The second-order valence-corrected chi connectivity index (χ2v) is 19.6. The molecule has 6 atom stereocenters. The average molecular weight is 953 g/mol. The van der Waals surface area contributed by atoms with Gasteiger partial charge in [-0.3, -0.25) is 9.59 Å². The van der Waals surface area contributed by atoms with Crippen LogP contribution in [0.2, 0.25) is 0 Å². The van der Waals surface area contributed by atoms with Gasteiger partial charge in [0.15, 0.2) is 0 Å². The summed E-state index contributed by atoms with van der Waals surface area (Å²) >= 11 is 0. The first kappa shape index (κ1) is 50.1. The van der Waals surface area contributed by atoms with E-state index in [1.807, 2.05) is 59.0 Å². The predicted octanol–water partition coefficient (Wildman–Crippen LogP) is 13.0. The molecule has 2 aliphatic heterocycles. The van der Waals surface area contributed by atoms with Crippen LogP contribution in [0.25, 0.3) is 11.4 Å². The van der Waals surface area contributed by atoms with Gasteiger partial charge in [0.05, 0.1) is 72.6 Å². The third kappa shape index (κ3) is 9.62. The number of halogens is 2. The summed E-state index contributed by atoms with van der Waals surface area (Å²) in [4.78, 5) is 40.9. The van der Waals surface area contributed by atoms with E-state index >= 15 is 0 Å². The topological polar surface area (TPSA) is 94.7 Å². The zero-order valence-corrected chi connectivity index (χ0v) is 42.3. The monoisotopic (exact) mass is 953 g/mol. The molecule has 2 saturated carbocycles. The lowest BCUT2D eigenvalue weighted by molar-refractivity contribution is -0.150. The van der Waals surface area contributed by atoms with Crippen molar-refractivity contribution < 1.29 is 27.8 Å². The van der Waals surface area contributed by atoms with E-state index in [1.54, 1.807) is 51.1 Å². The number of carbonyl (C=O) groups is 2. The van der Waals surface area contributed by atoms with Gasteiger partial charge in [0, 0.05) is 25.5 Å². The highest BCUT2D eigenvalue weighted by atomic mass is 19.1. The Morgan fingerprint density at radius 1 is 0.571 bits per heavy atom. The number of hydrogen-bond donors (Lipinski definition) is 0. The predicted molar refractivity (Wildman–Crippen MR) is 271 cm³/mol. The molecule has 2 aliphatic carbocycles. The zero-order chi connectivity index (χ0) is 49.7. The Hall–Kier alpha value is -6.30. The highest BCUT2D eigenvalue weighted by Gasteiger charge is 2.54. The second kappa shape index (κ2) is 21.4. The van der Waals surface area contributed by atoms with Crippen LogP contribution in [0.15, 0.2) is 110 Å². The molecule has 0 N–H and O–H groups in total. The van der Waals surface area contributed by atoms with Crippen LogP contribution in [0.5, 0.6) is 11.5 Å². The minimum absolute atomic E-state index is 0.0760. The number of amides is 2. The number of aryl methyl sites for hydroxylation is 2. The third-order valence-electron chi connectivity index (χ3n) is 15.8. The summed E-state index contributed by atoms with van der Waals surface area (Å²) in [5, 5.41) is 0. The molecule has 0 bridgehead atoms. The first-order chi connectivity index (χ1) is 33.8. The minimum Gasteiger partial charge on any atom is -0.495 e. The van der Waals surface area contributed by atoms with Gasteiger partial charge < -0.3 is 28.4 Å². The van der Waals surface area contributed by atoms with Crippen LogP contribution >= 0.6 is 0 Å².